The van der Waals surface area contributed by atoms with Gasteiger partial charge in [-0.15, -0.1) is 0 Å². The Morgan fingerprint density at radius 3 is 2.17 bits per heavy atom. The molecule has 3 aromatic rings. The van der Waals surface area contributed by atoms with E-state index >= 15 is 0 Å². The van der Waals surface area contributed by atoms with Crippen LogP contribution in [0.15, 0.2) is 42.5 Å². The first kappa shape index (κ1) is 21.2. The molecule has 0 unspecified atom stereocenters. The summed E-state index contributed by atoms with van der Waals surface area (Å²) in [5.74, 6) is -2.72. The molecule has 0 bridgehead atoms. The molecule has 2 N–H and O–H groups in total. The van der Waals surface area contributed by atoms with Crippen LogP contribution < -0.4 is 14.7 Å². The van der Waals surface area contributed by atoms with E-state index in [4.69, 9.17) is 10.5 Å². The van der Waals surface area contributed by atoms with Crippen LogP contribution in [0.25, 0.3) is 11.3 Å². The third-order valence-electron chi connectivity index (χ3n) is 3.97. The van der Waals surface area contributed by atoms with E-state index in [1.165, 1.54) is 29.9 Å². The largest absolute Gasteiger partial charge is 0.489 e. The van der Waals surface area contributed by atoms with Crippen LogP contribution >= 0.6 is 0 Å². The van der Waals surface area contributed by atoms with Gasteiger partial charge in [-0.3, -0.25) is 9.48 Å². The Hall–Kier alpha value is -3.54. The maximum Gasteiger partial charge on any atom is 0.488 e. The summed E-state index contributed by atoms with van der Waals surface area (Å²) in [7, 11) is -3.67. The van der Waals surface area contributed by atoms with Gasteiger partial charge in [0.05, 0.1) is 11.3 Å². The van der Waals surface area contributed by atoms with Crippen molar-refractivity contribution in [3.63, 3.8) is 0 Å². The minimum absolute atomic E-state index is 0.0475. The quantitative estimate of drug-likeness (QED) is 0.564. The minimum atomic E-state index is -5.16. The van der Waals surface area contributed by atoms with Crippen molar-refractivity contribution in [1.82, 2.24) is 9.78 Å². The lowest BCUT2D eigenvalue weighted by Crippen LogP contribution is -2.11. The monoisotopic (exact) mass is 441 g/mol. The Morgan fingerprint density at radius 2 is 1.67 bits per heavy atom. The first-order valence-electron chi connectivity index (χ1n) is 8.22. The van der Waals surface area contributed by atoms with Gasteiger partial charge in [0.15, 0.2) is 5.69 Å². The second-order valence-electron chi connectivity index (χ2n) is 6.06. The molecule has 8 nitrogen and oxygen atoms in total. The van der Waals surface area contributed by atoms with Crippen molar-refractivity contribution >= 4 is 16.4 Å². The van der Waals surface area contributed by atoms with Gasteiger partial charge in [-0.1, -0.05) is 3.89 Å². The standard InChI is InChI=1S/C18H14F3N3O5S/c1-24-17(8-16(23-24)18(22)25)10-6-14(19)13(15(20)7-10)9-28-11-2-4-12(5-3-11)29-30(21,26)27/h2-8H,9H2,1H3,(H2,22,25). The van der Waals surface area contributed by atoms with Gasteiger partial charge >= 0.3 is 10.5 Å². The molecule has 3 rings (SSSR count). The maximum absolute atomic E-state index is 14.5. The number of aromatic nitrogens is 2. The van der Waals surface area contributed by atoms with Gasteiger partial charge in [-0.25, -0.2) is 8.78 Å². The third kappa shape index (κ3) is 4.89. The predicted molar refractivity (Wildman–Crippen MR) is 98.5 cm³/mol. The number of nitrogens with two attached hydrogens (primary N) is 1. The number of rotatable bonds is 7. The number of hydrogen-bond donors (Lipinski definition) is 1. The summed E-state index contributed by atoms with van der Waals surface area (Å²) in [6, 6.07) is 8.15. The molecular weight excluding hydrogens is 427 g/mol. The fourth-order valence-corrected chi connectivity index (χ4v) is 2.95. The predicted octanol–water partition coefficient (Wildman–Crippen LogP) is 2.64. The van der Waals surface area contributed by atoms with Crippen LogP contribution in [0, 0.1) is 11.6 Å². The van der Waals surface area contributed by atoms with Gasteiger partial charge in [-0.05, 0) is 42.5 Å². The van der Waals surface area contributed by atoms with Crippen molar-refractivity contribution in [2.45, 2.75) is 6.61 Å². The van der Waals surface area contributed by atoms with Gasteiger partial charge < -0.3 is 14.7 Å². The number of aryl methyl sites for hydroxylation is 1. The summed E-state index contributed by atoms with van der Waals surface area (Å²) in [5, 5.41) is 3.87. The summed E-state index contributed by atoms with van der Waals surface area (Å²) < 4.78 is 72.9. The van der Waals surface area contributed by atoms with Crippen molar-refractivity contribution in [3.05, 3.63) is 65.4 Å². The van der Waals surface area contributed by atoms with Crippen molar-refractivity contribution < 1.29 is 34.8 Å². The highest BCUT2D eigenvalue weighted by molar-refractivity contribution is 7.81. The average molecular weight is 441 g/mol. The molecule has 0 radical (unpaired) electrons. The number of nitrogens with zero attached hydrogens (tertiary/aromatic N) is 2. The zero-order chi connectivity index (χ0) is 22.1. The Kier molecular flexibility index (Phi) is 5.69. The number of carbonyl (C=O) groups is 1. The molecule has 1 heterocycles. The fourth-order valence-electron chi connectivity index (χ4n) is 2.61. The number of benzene rings is 2. The molecule has 30 heavy (non-hydrogen) atoms. The lowest BCUT2D eigenvalue weighted by molar-refractivity contribution is 0.0995. The van der Waals surface area contributed by atoms with E-state index in [0.717, 1.165) is 24.3 Å². The molecule has 0 saturated heterocycles. The maximum atomic E-state index is 14.5. The molecule has 0 aliphatic carbocycles. The lowest BCUT2D eigenvalue weighted by Gasteiger charge is -2.11. The highest BCUT2D eigenvalue weighted by Crippen LogP contribution is 2.26. The molecule has 0 spiro atoms. The zero-order valence-electron chi connectivity index (χ0n) is 15.3. The molecule has 0 saturated carbocycles. The SMILES string of the molecule is Cn1nc(C(N)=O)cc1-c1cc(F)c(COc2ccc(OS(=O)(=O)F)cc2)c(F)c1. The summed E-state index contributed by atoms with van der Waals surface area (Å²) in [6.45, 7) is -0.475. The number of ether oxygens (including phenoxy) is 1. The third-order valence-corrected chi connectivity index (χ3v) is 4.36. The van der Waals surface area contributed by atoms with Gasteiger partial charge in [0.1, 0.15) is 29.7 Å². The summed E-state index contributed by atoms with van der Waals surface area (Å²) in [5.41, 5.74) is 5.18. The van der Waals surface area contributed by atoms with Gasteiger partial charge in [-0.2, -0.15) is 13.5 Å². The van der Waals surface area contributed by atoms with Crippen LogP contribution in [0.1, 0.15) is 16.1 Å². The van der Waals surface area contributed by atoms with Crippen LogP contribution in [-0.4, -0.2) is 24.1 Å². The molecule has 12 heteroatoms. The Morgan fingerprint density at radius 1 is 1.10 bits per heavy atom. The summed E-state index contributed by atoms with van der Waals surface area (Å²) >= 11 is 0. The van der Waals surface area contributed by atoms with E-state index in [-0.39, 0.29) is 34.0 Å². The normalized spacial score (nSPS) is 11.3. The van der Waals surface area contributed by atoms with Crippen molar-refractivity contribution in [1.29, 1.82) is 0 Å². The minimum Gasteiger partial charge on any atom is -0.489 e. The van der Waals surface area contributed by atoms with E-state index in [9.17, 15) is 25.9 Å². The second kappa shape index (κ2) is 8.06. The van der Waals surface area contributed by atoms with E-state index in [1.807, 2.05) is 0 Å². The van der Waals surface area contributed by atoms with Crippen molar-refractivity contribution in [3.8, 4) is 22.8 Å². The number of carbonyl (C=O) groups excluding carboxylic acids is 1. The number of primary amides is 1. The second-order valence-corrected chi connectivity index (χ2v) is 7.01. The molecule has 0 aliphatic rings. The Bertz CT molecular complexity index is 1190. The van der Waals surface area contributed by atoms with Crippen LogP contribution in [0.3, 0.4) is 0 Å². The van der Waals surface area contributed by atoms with Crippen molar-refractivity contribution in [2.24, 2.45) is 12.8 Å². The Balaban J connectivity index is 1.77. The highest BCUT2D eigenvalue weighted by atomic mass is 32.3. The van der Waals surface area contributed by atoms with Gasteiger partial charge in [0, 0.05) is 12.6 Å². The molecule has 0 aliphatic heterocycles. The van der Waals surface area contributed by atoms with Crippen LogP contribution in [0.4, 0.5) is 12.7 Å². The van der Waals surface area contributed by atoms with Crippen molar-refractivity contribution in [2.75, 3.05) is 0 Å². The first-order valence-corrected chi connectivity index (χ1v) is 9.53. The topological polar surface area (TPSA) is 114 Å². The average Bonchev–Trinajstić information content (AvgIpc) is 3.03. The summed E-state index contributed by atoms with van der Waals surface area (Å²) in [4.78, 5) is 11.2. The van der Waals surface area contributed by atoms with E-state index in [1.54, 1.807) is 0 Å². The molecule has 2 aromatic carbocycles. The summed E-state index contributed by atoms with van der Waals surface area (Å²) in [6.07, 6.45) is 0. The van der Waals surface area contributed by atoms with Crippen LogP contribution in [-0.2, 0) is 24.2 Å². The number of halogens is 3. The first-order chi connectivity index (χ1) is 14.0. The van der Waals surface area contributed by atoms with Gasteiger partial charge in [0.2, 0.25) is 0 Å². The zero-order valence-corrected chi connectivity index (χ0v) is 16.1. The smallest absolute Gasteiger partial charge is 0.488 e. The lowest BCUT2D eigenvalue weighted by atomic mass is 10.1. The fraction of sp³-hybridized carbons (Fsp3) is 0.111. The van der Waals surface area contributed by atoms with E-state index < -0.39 is 34.7 Å². The molecular formula is C18H14F3N3O5S. The Labute approximate surface area is 169 Å². The number of amides is 1. The van der Waals surface area contributed by atoms with Gasteiger partial charge in [0.25, 0.3) is 5.91 Å². The van der Waals surface area contributed by atoms with Crippen LogP contribution in [0.5, 0.6) is 11.5 Å². The molecule has 0 atom stereocenters. The number of hydrogen-bond acceptors (Lipinski definition) is 6. The van der Waals surface area contributed by atoms with E-state index in [2.05, 4.69) is 9.28 Å². The highest BCUT2D eigenvalue weighted by Gasteiger charge is 2.17. The molecule has 1 aromatic heterocycles. The van der Waals surface area contributed by atoms with Crippen LogP contribution in [0.2, 0.25) is 0 Å². The molecule has 158 valence electrons. The van der Waals surface area contributed by atoms with E-state index in [0.29, 0.717) is 0 Å². The molecule has 1 amide bonds. The molecule has 0 fully saturated rings.